The van der Waals surface area contributed by atoms with Gasteiger partial charge in [0.25, 0.3) is 10.0 Å². The third-order valence-corrected chi connectivity index (χ3v) is 5.11. The van der Waals surface area contributed by atoms with Crippen molar-refractivity contribution in [3.8, 4) is 5.75 Å². The molecule has 0 bridgehead atoms. The third kappa shape index (κ3) is 3.30. The van der Waals surface area contributed by atoms with E-state index in [1.807, 2.05) is 6.92 Å². The molecule has 0 radical (unpaired) electrons. The zero-order chi connectivity index (χ0) is 15.6. The van der Waals surface area contributed by atoms with Crippen molar-refractivity contribution in [2.45, 2.75) is 18.2 Å². The minimum absolute atomic E-state index is 0.142. The van der Waals surface area contributed by atoms with Crippen molar-refractivity contribution >= 4 is 26.5 Å². The summed E-state index contributed by atoms with van der Waals surface area (Å²) in [5.41, 5.74) is 0. The summed E-state index contributed by atoms with van der Waals surface area (Å²) in [7, 11) is -3.02. The number of nitrogens with one attached hydrogen (secondary N) is 1. The van der Waals surface area contributed by atoms with Crippen molar-refractivity contribution in [1.82, 2.24) is 4.98 Å². The van der Waals surface area contributed by atoms with E-state index in [1.54, 1.807) is 0 Å². The zero-order valence-electron chi connectivity index (χ0n) is 11.2. The highest BCUT2D eigenvalue weighted by atomic mass is 32.2. The number of rotatable bonds is 5. The Labute approximate surface area is 124 Å². The number of sulfonamides is 1. The average molecular weight is 334 g/mol. The molecule has 2 aromatic rings. The number of anilines is 1. The standard InChI is InChI=1S/C12H12F2N2O3S2/c1-3-7-6-15-12(20-7)16-21(17,18)8-4-9(13)11(19-2)10(14)5-8/h4-6H,3H2,1-2H3,(H,15,16). The summed E-state index contributed by atoms with van der Waals surface area (Å²) in [5.74, 6) is -2.81. The average Bonchev–Trinajstić information content (AvgIpc) is 2.85. The fourth-order valence-electron chi connectivity index (χ4n) is 1.58. The van der Waals surface area contributed by atoms with E-state index in [0.717, 1.165) is 23.3 Å². The minimum atomic E-state index is -4.12. The van der Waals surface area contributed by atoms with Gasteiger partial charge in [0.2, 0.25) is 0 Å². The van der Waals surface area contributed by atoms with Crippen LogP contribution in [-0.4, -0.2) is 20.5 Å². The van der Waals surface area contributed by atoms with Gasteiger partial charge in [-0.15, -0.1) is 11.3 Å². The van der Waals surface area contributed by atoms with Gasteiger partial charge >= 0.3 is 0 Å². The first-order valence-corrected chi connectivity index (χ1v) is 8.18. The normalized spacial score (nSPS) is 11.4. The van der Waals surface area contributed by atoms with E-state index in [4.69, 9.17) is 0 Å². The van der Waals surface area contributed by atoms with E-state index >= 15 is 0 Å². The van der Waals surface area contributed by atoms with Gasteiger partial charge in [-0.2, -0.15) is 0 Å². The lowest BCUT2D eigenvalue weighted by Crippen LogP contribution is -2.13. The van der Waals surface area contributed by atoms with Crippen molar-refractivity contribution < 1.29 is 21.9 Å². The topological polar surface area (TPSA) is 68.3 Å². The second-order valence-electron chi connectivity index (χ2n) is 4.01. The number of nitrogens with zero attached hydrogens (tertiary/aromatic N) is 1. The molecule has 0 saturated carbocycles. The van der Waals surface area contributed by atoms with Crippen LogP contribution < -0.4 is 9.46 Å². The van der Waals surface area contributed by atoms with Gasteiger partial charge in [-0.3, -0.25) is 4.72 Å². The maximum Gasteiger partial charge on any atom is 0.263 e. The Bertz CT molecular complexity index is 737. The number of aromatic nitrogens is 1. The molecule has 0 aliphatic carbocycles. The number of thiazole rings is 1. The summed E-state index contributed by atoms with van der Waals surface area (Å²) in [6, 6.07) is 1.39. The Balaban J connectivity index is 2.35. The second kappa shape index (κ2) is 5.94. The maximum atomic E-state index is 13.6. The Kier molecular flexibility index (Phi) is 4.43. The van der Waals surface area contributed by atoms with E-state index in [9.17, 15) is 17.2 Å². The molecule has 0 aliphatic heterocycles. The number of hydrogen-bond acceptors (Lipinski definition) is 5. The number of benzene rings is 1. The first-order chi connectivity index (χ1) is 9.87. The van der Waals surface area contributed by atoms with Gasteiger partial charge < -0.3 is 4.74 Å². The number of ether oxygens (including phenoxy) is 1. The van der Waals surface area contributed by atoms with Crippen LogP contribution in [-0.2, 0) is 16.4 Å². The van der Waals surface area contributed by atoms with Gasteiger partial charge in [0, 0.05) is 11.1 Å². The molecule has 1 heterocycles. The predicted molar refractivity (Wildman–Crippen MR) is 75.2 cm³/mol. The zero-order valence-corrected chi connectivity index (χ0v) is 12.8. The van der Waals surface area contributed by atoms with Crippen LogP contribution in [0.2, 0.25) is 0 Å². The molecule has 5 nitrogen and oxygen atoms in total. The molecule has 0 spiro atoms. The minimum Gasteiger partial charge on any atom is -0.491 e. The lowest BCUT2D eigenvalue weighted by Gasteiger charge is -2.08. The monoisotopic (exact) mass is 334 g/mol. The highest BCUT2D eigenvalue weighted by Gasteiger charge is 2.21. The summed E-state index contributed by atoms with van der Waals surface area (Å²) in [4.78, 5) is 4.25. The Morgan fingerprint density at radius 2 is 1.95 bits per heavy atom. The largest absolute Gasteiger partial charge is 0.491 e. The van der Waals surface area contributed by atoms with Crippen LogP contribution >= 0.6 is 11.3 Å². The molecule has 1 N–H and O–H groups in total. The summed E-state index contributed by atoms with van der Waals surface area (Å²) in [6.07, 6.45) is 2.25. The van der Waals surface area contributed by atoms with Crippen LogP contribution in [0.15, 0.2) is 23.2 Å². The van der Waals surface area contributed by atoms with Gasteiger partial charge in [-0.05, 0) is 18.6 Å². The number of halogens is 2. The van der Waals surface area contributed by atoms with E-state index in [-0.39, 0.29) is 5.13 Å². The van der Waals surface area contributed by atoms with Crippen molar-refractivity contribution in [2.24, 2.45) is 0 Å². The van der Waals surface area contributed by atoms with E-state index < -0.39 is 32.3 Å². The smallest absolute Gasteiger partial charge is 0.263 e. The predicted octanol–water partition coefficient (Wildman–Crippen LogP) is 2.79. The van der Waals surface area contributed by atoms with Crippen molar-refractivity contribution in [3.05, 3.63) is 34.8 Å². The van der Waals surface area contributed by atoms with E-state index in [1.165, 1.54) is 6.20 Å². The fraction of sp³-hybridized carbons (Fsp3) is 0.250. The van der Waals surface area contributed by atoms with E-state index in [0.29, 0.717) is 18.6 Å². The molecule has 21 heavy (non-hydrogen) atoms. The Hall–Kier alpha value is -1.74. The molecular weight excluding hydrogens is 322 g/mol. The van der Waals surface area contributed by atoms with Crippen LogP contribution in [0.25, 0.3) is 0 Å². The summed E-state index contributed by atoms with van der Waals surface area (Å²) >= 11 is 1.16. The molecule has 1 aromatic heterocycles. The van der Waals surface area contributed by atoms with Gasteiger partial charge in [0.1, 0.15) is 0 Å². The molecule has 9 heteroatoms. The molecule has 0 unspecified atom stereocenters. The van der Waals surface area contributed by atoms with Crippen molar-refractivity contribution in [2.75, 3.05) is 11.8 Å². The molecule has 0 fully saturated rings. The summed E-state index contributed by atoms with van der Waals surface area (Å²) < 4.78 is 58.0. The number of methoxy groups -OCH3 is 1. The van der Waals surface area contributed by atoms with Crippen LogP contribution in [0.3, 0.4) is 0 Å². The molecule has 0 atom stereocenters. The molecule has 1 aromatic carbocycles. The maximum absolute atomic E-state index is 13.6. The third-order valence-electron chi connectivity index (χ3n) is 2.61. The summed E-state index contributed by atoms with van der Waals surface area (Å²) in [6.45, 7) is 1.90. The SMILES string of the molecule is CCc1cnc(NS(=O)(=O)c2cc(F)c(OC)c(F)c2)s1. The number of hydrogen-bond donors (Lipinski definition) is 1. The Morgan fingerprint density at radius 1 is 1.33 bits per heavy atom. The van der Waals surface area contributed by atoms with E-state index in [2.05, 4.69) is 14.4 Å². The molecule has 0 saturated heterocycles. The lowest BCUT2D eigenvalue weighted by molar-refractivity contribution is 0.358. The molecule has 114 valence electrons. The number of aryl methyl sites for hydroxylation is 1. The Morgan fingerprint density at radius 3 is 2.43 bits per heavy atom. The second-order valence-corrected chi connectivity index (χ2v) is 6.81. The molecule has 2 rings (SSSR count). The molecule has 0 amide bonds. The van der Waals surface area contributed by atoms with Crippen LogP contribution in [0.5, 0.6) is 5.75 Å². The first-order valence-electron chi connectivity index (χ1n) is 5.88. The fourth-order valence-corrected chi connectivity index (χ4v) is 3.60. The van der Waals surface area contributed by atoms with Crippen LogP contribution in [0.4, 0.5) is 13.9 Å². The quantitative estimate of drug-likeness (QED) is 0.913. The van der Waals surface area contributed by atoms with Gasteiger partial charge in [-0.25, -0.2) is 22.2 Å². The van der Waals surface area contributed by atoms with Crippen LogP contribution in [0.1, 0.15) is 11.8 Å². The molecular formula is C12H12F2N2O3S2. The molecule has 0 aliphatic rings. The van der Waals surface area contributed by atoms with Crippen molar-refractivity contribution in [1.29, 1.82) is 0 Å². The van der Waals surface area contributed by atoms with Gasteiger partial charge in [-0.1, -0.05) is 6.92 Å². The van der Waals surface area contributed by atoms with Gasteiger partial charge in [0.15, 0.2) is 22.5 Å². The van der Waals surface area contributed by atoms with Gasteiger partial charge in [0.05, 0.1) is 12.0 Å². The highest BCUT2D eigenvalue weighted by molar-refractivity contribution is 7.93. The summed E-state index contributed by atoms with van der Waals surface area (Å²) in [5, 5.41) is 0.142. The van der Waals surface area contributed by atoms with Crippen molar-refractivity contribution in [3.63, 3.8) is 0 Å². The first kappa shape index (κ1) is 15.6. The lowest BCUT2D eigenvalue weighted by atomic mass is 10.3. The van der Waals surface area contributed by atoms with Crippen LogP contribution in [0, 0.1) is 11.6 Å². The highest BCUT2D eigenvalue weighted by Crippen LogP contribution is 2.27.